The van der Waals surface area contributed by atoms with Gasteiger partial charge in [-0.25, -0.2) is 4.79 Å². The van der Waals surface area contributed by atoms with Crippen LogP contribution in [0.4, 0.5) is 4.79 Å². The molecule has 0 unspecified atom stereocenters. The second-order valence-corrected chi connectivity index (χ2v) is 5.43. The van der Waals surface area contributed by atoms with Crippen LogP contribution in [0.15, 0.2) is 5.29 Å². The number of ether oxygens (including phenoxy) is 1. The second kappa shape index (κ2) is 7.73. The number of nitrogens with zero attached hydrogens (tertiary/aromatic N) is 2. The summed E-state index contributed by atoms with van der Waals surface area (Å²) in [6.45, 7) is -0.159. The molecule has 0 fully saturated rings. The highest BCUT2D eigenvalue weighted by molar-refractivity contribution is 6.55. The van der Waals surface area contributed by atoms with Crippen molar-refractivity contribution in [1.82, 2.24) is 5.01 Å². The molecule has 0 saturated heterocycles. The molecule has 0 saturated carbocycles. The Morgan fingerprint density at radius 2 is 1.45 bits per heavy atom. The maximum atomic E-state index is 11.7. The molecule has 20 heavy (non-hydrogen) atoms. The highest BCUT2D eigenvalue weighted by Gasteiger charge is 2.25. The Morgan fingerprint density at radius 3 is 1.85 bits per heavy atom. The molecular formula is C9H4Cl6N2O3. The fourth-order valence-electron chi connectivity index (χ4n) is 1.06. The topological polar surface area (TPSA) is 59.0 Å². The van der Waals surface area contributed by atoms with Crippen molar-refractivity contribution in [2.45, 2.75) is 0 Å². The van der Waals surface area contributed by atoms with Gasteiger partial charge in [-0.15, -0.1) is 16.5 Å². The van der Waals surface area contributed by atoms with Crippen molar-refractivity contribution < 1.29 is 9.53 Å². The van der Waals surface area contributed by atoms with Gasteiger partial charge in [0.15, 0.2) is 5.75 Å². The standard InChI is InChI=1S/C9H4Cl6N2O3/c10-1-2-17(16-19)9(18)20-8-6(14)4(12)3(11)5(13)7(8)15/h1-2H2. The first-order valence-electron chi connectivity index (χ1n) is 4.75. The number of amides is 1. The van der Waals surface area contributed by atoms with E-state index in [9.17, 15) is 9.70 Å². The van der Waals surface area contributed by atoms with E-state index in [0.29, 0.717) is 5.01 Å². The second-order valence-electron chi connectivity index (χ2n) is 3.16. The van der Waals surface area contributed by atoms with Crippen molar-refractivity contribution in [3.63, 3.8) is 0 Å². The van der Waals surface area contributed by atoms with Gasteiger partial charge >= 0.3 is 6.09 Å². The van der Waals surface area contributed by atoms with E-state index in [4.69, 9.17) is 74.3 Å². The number of carbonyl (C=O) groups excluding carboxylic acids is 1. The van der Waals surface area contributed by atoms with Crippen molar-refractivity contribution >= 4 is 75.7 Å². The highest BCUT2D eigenvalue weighted by atomic mass is 35.5. The van der Waals surface area contributed by atoms with Gasteiger partial charge in [0.2, 0.25) is 0 Å². The number of hydrogen-bond acceptors (Lipinski definition) is 4. The largest absolute Gasteiger partial charge is 0.438 e. The molecule has 0 atom stereocenters. The smallest absolute Gasteiger partial charge is 0.406 e. The van der Waals surface area contributed by atoms with Crippen LogP contribution in [-0.2, 0) is 0 Å². The molecule has 11 heteroatoms. The van der Waals surface area contributed by atoms with Crippen molar-refractivity contribution in [2.24, 2.45) is 5.29 Å². The Balaban J connectivity index is 3.16. The Kier molecular flexibility index (Phi) is 6.91. The Labute approximate surface area is 143 Å². The molecule has 0 aliphatic rings. The van der Waals surface area contributed by atoms with Gasteiger partial charge in [-0.2, -0.15) is 5.01 Å². The van der Waals surface area contributed by atoms with Gasteiger partial charge in [0.1, 0.15) is 10.0 Å². The predicted octanol–water partition coefficient (Wildman–Crippen LogP) is 5.67. The number of halogens is 6. The summed E-state index contributed by atoms with van der Waals surface area (Å²) in [4.78, 5) is 22.1. The van der Waals surface area contributed by atoms with Gasteiger partial charge < -0.3 is 4.74 Å². The van der Waals surface area contributed by atoms with Gasteiger partial charge in [0.05, 0.1) is 26.9 Å². The minimum Gasteiger partial charge on any atom is -0.406 e. The molecule has 0 radical (unpaired) electrons. The van der Waals surface area contributed by atoms with Crippen LogP contribution in [0.25, 0.3) is 0 Å². The molecule has 0 N–H and O–H groups in total. The molecule has 110 valence electrons. The van der Waals surface area contributed by atoms with Gasteiger partial charge in [-0.05, 0) is 0 Å². The van der Waals surface area contributed by atoms with Crippen LogP contribution in [0.3, 0.4) is 0 Å². The third-order valence-electron chi connectivity index (χ3n) is 1.96. The van der Waals surface area contributed by atoms with Gasteiger partial charge in [-0.3, -0.25) is 0 Å². The fraction of sp³-hybridized carbons (Fsp3) is 0.222. The lowest BCUT2D eigenvalue weighted by Crippen LogP contribution is -2.30. The average molecular weight is 401 g/mol. The minimum atomic E-state index is -1.14. The summed E-state index contributed by atoms with van der Waals surface area (Å²) in [5, 5.41) is 2.05. The van der Waals surface area contributed by atoms with E-state index in [-0.39, 0.29) is 43.3 Å². The van der Waals surface area contributed by atoms with E-state index in [2.05, 4.69) is 5.29 Å². The Bertz CT molecular complexity index is 524. The SMILES string of the molecule is O=NN(CCCl)C(=O)Oc1c(Cl)c(Cl)c(Cl)c(Cl)c1Cl. The molecule has 0 bridgehead atoms. The maximum absolute atomic E-state index is 11.7. The van der Waals surface area contributed by atoms with Crippen molar-refractivity contribution in [2.75, 3.05) is 12.4 Å². The first kappa shape index (κ1) is 17.9. The first-order valence-corrected chi connectivity index (χ1v) is 7.17. The normalized spacial score (nSPS) is 10.3. The Morgan fingerprint density at radius 1 is 1.00 bits per heavy atom. The number of alkyl halides is 1. The number of benzene rings is 1. The molecule has 0 spiro atoms. The van der Waals surface area contributed by atoms with Crippen LogP contribution in [-0.4, -0.2) is 23.5 Å². The third-order valence-corrected chi connectivity index (χ3v) is 4.38. The summed E-state index contributed by atoms with van der Waals surface area (Å²) in [6, 6.07) is 0. The highest BCUT2D eigenvalue weighted by Crippen LogP contribution is 2.48. The number of hydrogen-bond donors (Lipinski definition) is 0. The lowest BCUT2D eigenvalue weighted by atomic mass is 10.3. The summed E-state index contributed by atoms with van der Waals surface area (Å²) in [7, 11) is 0. The maximum Gasteiger partial charge on any atom is 0.438 e. The lowest BCUT2D eigenvalue weighted by Gasteiger charge is -2.15. The molecule has 0 aliphatic carbocycles. The average Bonchev–Trinajstić information content (AvgIpc) is 2.44. The van der Waals surface area contributed by atoms with Crippen molar-refractivity contribution in [3.05, 3.63) is 30.0 Å². The quantitative estimate of drug-likeness (QED) is 0.215. The van der Waals surface area contributed by atoms with Crippen molar-refractivity contribution in [3.8, 4) is 5.75 Å². The van der Waals surface area contributed by atoms with E-state index < -0.39 is 6.09 Å². The zero-order valence-electron chi connectivity index (χ0n) is 9.30. The molecule has 1 rings (SSSR count). The molecule has 0 aromatic heterocycles. The Hall–Kier alpha value is -0.170. The summed E-state index contributed by atoms with van der Waals surface area (Å²) in [5.74, 6) is -0.356. The molecule has 0 aliphatic heterocycles. The van der Waals surface area contributed by atoms with Gasteiger partial charge in [0, 0.05) is 5.88 Å². The lowest BCUT2D eigenvalue weighted by molar-refractivity contribution is 0.156. The summed E-state index contributed by atoms with van der Waals surface area (Å²) in [5.41, 5.74) is 0. The summed E-state index contributed by atoms with van der Waals surface area (Å²) >= 11 is 34.5. The van der Waals surface area contributed by atoms with Crippen LogP contribution >= 0.6 is 69.6 Å². The predicted molar refractivity (Wildman–Crippen MR) is 80.7 cm³/mol. The number of rotatable bonds is 4. The monoisotopic (exact) mass is 398 g/mol. The van der Waals surface area contributed by atoms with Crippen molar-refractivity contribution in [1.29, 1.82) is 0 Å². The van der Waals surface area contributed by atoms with Crippen LogP contribution in [0.2, 0.25) is 25.1 Å². The van der Waals surface area contributed by atoms with Crippen LogP contribution in [0, 0.1) is 4.91 Å². The van der Waals surface area contributed by atoms with E-state index in [1.54, 1.807) is 0 Å². The molecule has 1 aromatic rings. The van der Waals surface area contributed by atoms with Crippen LogP contribution < -0.4 is 4.74 Å². The van der Waals surface area contributed by atoms with Crippen LogP contribution in [0.5, 0.6) is 5.75 Å². The zero-order valence-corrected chi connectivity index (χ0v) is 13.8. The van der Waals surface area contributed by atoms with Gasteiger partial charge in [-0.1, -0.05) is 58.0 Å². The molecule has 0 heterocycles. The fourth-order valence-corrected chi connectivity index (χ4v) is 2.42. The van der Waals surface area contributed by atoms with Gasteiger partial charge in [0.25, 0.3) is 0 Å². The van der Waals surface area contributed by atoms with E-state index in [1.165, 1.54) is 0 Å². The molecule has 5 nitrogen and oxygen atoms in total. The zero-order chi connectivity index (χ0) is 15.4. The molecular weight excluding hydrogens is 397 g/mol. The number of carbonyl (C=O) groups is 1. The van der Waals surface area contributed by atoms with E-state index >= 15 is 0 Å². The summed E-state index contributed by atoms with van der Waals surface area (Å²) in [6.07, 6.45) is -1.14. The number of nitroso groups, excluding NO2 is 1. The molecule has 1 aromatic carbocycles. The minimum absolute atomic E-state index is 0.0234. The van der Waals surface area contributed by atoms with E-state index in [1.807, 2.05) is 0 Å². The molecule has 1 amide bonds. The summed E-state index contributed by atoms with van der Waals surface area (Å²) < 4.78 is 4.84. The third kappa shape index (κ3) is 3.72. The first-order chi connectivity index (χ1) is 9.34. The van der Waals surface area contributed by atoms with E-state index in [0.717, 1.165) is 0 Å². The van der Waals surface area contributed by atoms with Crippen LogP contribution in [0.1, 0.15) is 0 Å².